The van der Waals surface area contributed by atoms with E-state index in [1.165, 1.54) is 6.07 Å². The van der Waals surface area contributed by atoms with Gasteiger partial charge in [0.25, 0.3) is 5.69 Å². The molecule has 3 rings (SSSR count). The Morgan fingerprint density at radius 3 is 2.62 bits per heavy atom. The van der Waals surface area contributed by atoms with Gasteiger partial charge in [-0.1, -0.05) is 12.1 Å². The first kappa shape index (κ1) is 17.5. The van der Waals surface area contributed by atoms with E-state index in [2.05, 4.69) is 0 Å². The van der Waals surface area contributed by atoms with Gasteiger partial charge in [0, 0.05) is 6.07 Å². The Hall–Kier alpha value is -3.29. The lowest BCUT2D eigenvalue weighted by atomic mass is 10.1. The van der Waals surface area contributed by atoms with Crippen LogP contribution in [0.3, 0.4) is 0 Å². The second-order valence-electron chi connectivity index (χ2n) is 5.73. The fraction of sp³-hybridized carbons (Fsp3) is 0.278. The normalized spacial score (nSPS) is 11.9. The molecule has 0 N–H and O–H groups in total. The maximum atomic E-state index is 12.2. The number of carbonyl (C=O) groups is 1. The zero-order valence-electron chi connectivity index (χ0n) is 14.3. The molecule has 8 nitrogen and oxygen atoms in total. The van der Waals surface area contributed by atoms with Crippen molar-refractivity contribution in [2.45, 2.75) is 13.8 Å². The molecule has 1 heterocycles. The molecule has 0 aromatic heterocycles. The Morgan fingerprint density at radius 1 is 1.15 bits per heavy atom. The van der Waals surface area contributed by atoms with Crippen LogP contribution in [0, 0.1) is 24.0 Å². The second kappa shape index (κ2) is 7.30. The first-order valence-corrected chi connectivity index (χ1v) is 7.91. The zero-order valence-corrected chi connectivity index (χ0v) is 14.3. The molecule has 8 heteroatoms. The number of fused-ring (bicyclic) bond motifs is 1. The number of esters is 1. The molecule has 1 aliphatic rings. The van der Waals surface area contributed by atoms with Gasteiger partial charge < -0.3 is 18.9 Å². The monoisotopic (exact) mass is 359 g/mol. The van der Waals surface area contributed by atoms with E-state index in [0.717, 1.165) is 17.2 Å². The van der Waals surface area contributed by atoms with Crippen molar-refractivity contribution in [3.05, 3.63) is 57.1 Å². The number of nitro groups is 1. The summed E-state index contributed by atoms with van der Waals surface area (Å²) in [4.78, 5) is 22.7. The molecule has 0 spiro atoms. The number of nitrogens with zero attached hydrogens (tertiary/aromatic N) is 1. The predicted octanol–water partition coefficient (Wildman–Crippen LogP) is 3.18. The van der Waals surface area contributed by atoms with Crippen molar-refractivity contribution in [2.24, 2.45) is 0 Å². The minimum atomic E-state index is -0.820. The first-order valence-electron chi connectivity index (χ1n) is 7.91. The Morgan fingerprint density at radius 2 is 1.88 bits per heavy atom. The van der Waals surface area contributed by atoms with Crippen molar-refractivity contribution in [1.82, 2.24) is 0 Å². The van der Waals surface area contributed by atoms with Crippen molar-refractivity contribution in [3.63, 3.8) is 0 Å². The Balaban J connectivity index is 1.63. The third-order valence-corrected chi connectivity index (χ3v) is 3.83. The highest BCUT2D eigenvalue weighted by atomic mass is 16.7. The van der Waals surface area contributed by atoms with E-state index < -0.39 is 16.6 Å². The molecule has 0 fully saturated rings. The number of carbonyl (C=O) groups excluding carboxylic acids is 1. The van der Waals surface area contributed by atoms with E-state index >= 15 is 0 Å². The highest BCUT2D eigenvalue weighted by Gasteiger charge is 2.28. The summed E-state index contributed by atoms with van der Waals surface area (Å²) < 4.78 is 21.0. The summed E-state index contributed by atoms with van der Waals surface area (Å²) in [5, 5.41) is 11.2. The van der Waals surface area contributed by atoms with Gasteiger partial charge in [0.2, 0.25) is 6.79 Å². The third kappa shape index (κ3) is 3.69. The molecule has 0 saturated carbocycles. The molecule has 0 bridgehead atoms. The molecule has 0 aliphatic carbocycles. The number of hydrogen-bond acceptors (Lipinski definition) is 7. The molecule has 0 unspecified atom stereocenters. The SMILES string of the molecule is Cc1ccc(C)c(OCCOC(=O)c2cc3c(cc2[N+](=O)[O-])OCO3)c1. The molecule has 2 aromatic carbocycles. The molecular weight excluding hydrogens is 342 g/mol. The van der Waals surface area contributed by atoms with Crippen molar-refractivity contribution in [3.8, 4) is 17.2 Å². The average molecular weight is 359 g/mol. The second-order valence-corrected chi connectivity index (χ2v) is 5.73. The minimum absolute atomic E-state index is 0.0438. The van der Waals surface area contributed by atoms with Crippen LogP contribution in [0.1, 0.15) is 21.5 Å². The van der Waals surface area contributed by atoms with Gasteiger partial charge in [-0.2, -0.15) is 0 Å². The molecule has 0 saturated heterocycles. The summed E-state index contributed by atoms with van der Waals surface area (Å²) in [6.45, 7) is 3.91. The maximum Gasteiger partial charge on any atom is 0.345 e. The van der Waals surface area contributed by atoms with Crippen LogP contribution in [0.2, 0.25) is 0 Å². The highest BCUT2D eigenvalue weighted by molar-refractivity contribution is 5.95. The number of hydrogen-bond donors (Lipinski definition) is 0. The Kier molecular flexibility index (Phi) is 4.92. The fourth-order valence-corrected chi connectivity index (χ4v) is 2.47. The molecule has 0 radical (unpaired) electrons. The van der Waals surface area contributed by atoms with Crippen LogP contribution in [0.5, 0.6) is 17.2 Å². The molecule has 0 amide bonds. The van der Waals surface area contributed by atoms with E-state index in [4.69, 9.17) is 18.9 Å². The molecule has 1 aliphatic heterocycles. The standard InChI is InChI=1S/C18H17NO7/c1-11-3-4-12(2)15(7-11)23-5-6-24-18(20)13-8-16-17(26-10-25-16)9-14(13)19(21)22/h3-4,7-9H,5-6,10H2,1-2H3. The van der Waals surface area contributed by atoms with Gasteiger partial charge >= 0.3 is 5.97 Å². The lowest BCUT2D eigenvalue weighted by molar-refractivity contribution is -0.385. The van der Waals surface area contributed by atoms with E-state index in [1.807, 2.05) is 32.0 Å². The number of nitro benzene ring substituents is 1. The largest absolute Gasteiger partial charge is 0.490 e. The quantitative estimate of drug-likeness (QED) is 0.338. The third-order valence-electron chi connectivity index (χ3n) is 3.83. The van der Waals surface area contributed by atoms with Crippen molar-refractivity contribution < 1.29 is 28.7 Å². The van der Waals surface area contributed by atoms with E-state index in [-0.39, 0.29) is 37.1 Å². The van der Waals surface area contributed by atoms with Crippen LogP contribution in [-0.2, 0) is 4.74 Å². The number of ether oxygens (including phenoxy) is 4. The zero-order chi connectivity index (χ0) is 18.7. The molecule has 2 aromatic rings. The summed E-state index contributed by atoms with van der Waals surface area (Å²) in [6.07, 6.45) is 0. The minimum Gasteiger partial charge on any atom is -0.490 e. The smallest absolute Gasteiger partial charge is 0.345 e. The first-order chi connectivity index (χ1) is 12.5. The van der Waals surface area contributed by atoms with Gasteiger partial charge in [-0.3, -0.25) is 10.1 Å². The van der Waals surface area contributed by atoms with Crippen molar-refractivity contribution in [2.75, 3.05) is 20.0 Å². The fourth-order valence-electron chi connectivity index (χ4n) is 2.47. The number of benzene rings is 2. The molecule has 0 atom stereocenters. The predicted molar refractivity (Wildman–Crippen MR) is 90.9 cm³/mol. The molecule has 136 valence electrons. The van der Waals surface area contributed by atoms with Gasteiger partial charge in [0.05, 0.1) is 11.0 Å². The summed E-state index contributed by atoms with van der Waals surface area (Å²) in [6, 6.07) is 8.22. The Labute approximate surface area is 149 Å². The van der Waals surface area contributed by atoms with Crippen LogP contribution in [-0.4, -0.2) is 30.9 Å². The average Bonchev–Trinajstić information content (AvgIpc) is 3.07. The van der Waals surface area contributed by atoms with Gasteiger partial charge in [-0.25, -0.2) is 4.79 Å². The van der Waals surface area contributed by atoms with Crippen molar-refractivity contribution >= 4 is 11.7 Å². The number of aryl methyl sites for hydroxylation is 2. The van der Waals surface area contributed by atoms with E-state index in [0.29, 0.717) is 5.75 Å². The molecule has 26 heavy (non-hydrogen) atoms. The van der Waals surface area contributed by atoms with Crippen LogP contribution >= 0.6 is 0 Å². The lowest BCUT2D eigenvalue weighted by Crippen LogP contribution is -2.14. The van der Waals surface area contributed by atoms with Gasteiger partial charge in [-0.05, 0) is 31.0 Å². The van der Waals surface area contributed by atoms with E-state index in [9.17, 15) is 14.9 Å². The Bertz CT molecular complexity index is 863. The van der Waals surface area contributed by atoms with Crippen LogP contribution < -0.4 is 14.2 Å². The topological polar surface area (TPSA) is 97.1 Å². The molecular formula is C18H17NO7. The summed E-state index contributed by atoms with van der Waals surface area (Å²) >= 11 is 0. The summed E-state index contributed by atoms with van der Waals surface area (Å²) in [7, 11) is 0. The lowest BCUT2D eigenvalue weighted by Gasteiger charge is -2.10. The van der Waals surface area contributed by atoms with E-state index in [1.54, 1.807) is 0 Å². The van der Waals surface area contributed by atoms with Crippen LogP contribution in [0.15, 0.2) is 30.3 Å². The number of rotatable bonds is 6. The van der Waals surface area contributed by atoms with Gasteiger partial charge in [0.15, 0.2) is 11.5 Å². The highest BCUT2D eigenvalue weighted by Crippen LogP contribution is 2.38. The van der Waals surface area contributed by atoms with Crippen LogP contribution in [0.25, 0.3) is 0 Å². The van der Waals surface area contributed by atoms with Crippen LogP contribution in [0.4, 0.5) is 5.69 Å². The van der Waals surface area contributed by atoms with Crippen molar-refractivity contribution in [1.29, 1.82) is 0 Å². The summed E-state index contributed by atoms with van der Waals surface area (Å²) in [5.74, 6) is 0.385. The van der Waals surface area contributed by atoms with Gasteiger partial charge in [-0.15, -0.1) is 0 Å². The maximum absolute atomic E-state index is 12.2. The van der Waals surface area contributed by atoms with Gasteiger partial charge in [0.1, 0.15) is 24.5 Å². The summed E-state index contributed by atoms with van der Waals surface area (Å²) in [5.41, 5.74) is 1.44.